The van der Waals surface area contributed by atoms with E-state index in [-0.39, 0.29) is 12.4 Å². The van der Waals surface area contributed by atoms with Gasteiger partial charge in [-0.2, -0.15) is 0 Å². The van der Waals surface area contributed by atoms with Gasteiger partial charge in [0.05, 0.1) is 0 Å². The molecule has 0 radical (unpaired) electrons. The molecule has 0 aromatic rings. The Morgan fingerprint density at radius 1 is 1.09 bits per heavy atom. The third-order valence-corrected chi connectivity index (χ3v) is 2.31. The molecule has 0 saturated carbocycles. The number of hydrogen-bond donors (Lipinski definition) is 0. The SMILES string of the molecule is C=[N+](C(C)CC)C(C)CC.[Cl-]. The van der Waals surface area contributed by atoms with E-state index in [1.807, 2.05) is 0 Å². The van der Waals surface area contributed by atoms with Crippen LogP contribution in [-0.2, 0) is 0 Å². The van der Waals surface area contributed by atoms with E-state index in [0.717, 1.165) is 0 Å². The summed E-state index contributed by atoms with van der Waals surface area (Å²) in [6.07, 6.45) is 2.38. The highest BCUT2D eigenvalue weighted by Gasteiger charge is 2.15. The van der Waals surface area contributed by atoms with E-state index in [1.165, 1.54) is 12.8 Å². The van der Waals surface area contributed by atoms with Crippen LogP contribution in [0.3, 0.4) is 0 Å². The van der Waals surface area contributed by atoms with Gasteiger partial charge in [-0.1, -0.05) is 13.8 Å². The quantitative estimate of drug-likeness (QED) is 0.395. The first-order valence-corrected chi connectivity index (χ1v) is 4.22. The van der Waals surface area contributed by atoms with Crippen molar-refractivity contribution in [3.05, 3.63) is 0 Å². The summed E-state index contributed by atoms with van der Waals surface area (Å²) in [5.41, 5.74) is 0. The van der Waals surface area contributed by atoms with Gasteiger partial charge in [0.15, 0.2) is 0 Å². The third kappa shape index (κ3) is 4.41. The molecular weight excluding hydrogens is 158 g/mol. The van der Waals surface area contributed by atoms with Crippen LogP contribution in [0.4, 0.5) is 0 Å². The highest BCUT2D eigenvalue weighted by molar-refractivity contribution is 5.15. The minimum atomic E-state index is 0. The Hall–Kier alpha value is -0.0400. The smallest absolute Gasteiger partial charge is 0.149 e. The Labute approximate surface area is 76.9 Å². The van der Waals surface area contributed by atoms with Crippen molar-refractivity contribution in [1.29, 1.82) is 0 Å². The molecule has 0 rings (SSSR count). The molecule has 0 aromatic carbocycles. The second-order valence-corrected chi connectivity index (χ2v) is 3.03. The van der Waals surface area contributed by atoms with Crippen molar-refractivity contribution in [1.82, 2.24) is 0 Å². The highest BCUT2D eigenvalue weighted by atomic mass is 35.5. The second kappa shape index (κ2) is 6.66. The van der Waals surface area contributed by atoms with E-state index in [4.69, 9.17) is 0 Å². The van der Waals surface area contributed by atoms with Gasteiger partial charge >= 0.3 is 0 Å². The van der Waals surface area contributed by atoms with Gasteiger partial charge in [-0.15, -0.1) is 0 Å². The number of hydrogen-bond acceptors (Lipinski definition) is 0. The number of rotatable bonds is 4. The predicted molar refractivity (Wildman–Crippen MR) is 46.9 cm³/mol. The molecule has 2 heteroatoms. The fourth-order valence-corrected chi connectivity index (χ4v) is 0.903. The molecule has 0 amide bonds. The lowest BCUT2D eigenvalue weighted by atomic mass is 10.2. The van der Waals surface area contributed by atoms with Crippen molar-refractivity contribution in [3.63, 3.8) is 0 Å². The molecule has 0 saturated heterocycles. The maximum Gasteiger partial charge on any atom is 0.149 e. The van der Waals surface area contributed by atoms with E-state index in [2.05, 4.69) is 39.0 Å². The first-order chi connectivity index (χ1) is 4.63. The Bertz CT molecular complexity index is 100. The van der Waals surface area contributed by atoms with Crippen molar-refractivity contribution in [2.75, 3.05) is 0 Å². The number of halogens is 1. The van der Waals surface area contributed by atoms with E-state index in [0.29, 0.717) is 12.1 Å². The second-order valence-electron chi connectivity index (χ2n) is 3.03. The van der Waals surface area contributed by atoms with Crippen LogP contribution in [0.15, 0.2) is 0 Å². The molecule has 0 N–H and O–H groups in total. The molecule has 0 bridgehead atoms. The van der Waals surface area contributed by atoms with Crippen LogP contribution < -0.4 is 12.4 Å². The molecule has 2 unspecified atom stereocenters. The van der Waals surface area contributed by atoms with E-state index >= 15 is 0 Å². The van der Waals surface area contributed by atoms with Crippen molar-refractivity contribution < 1.29 is 17.0 Å². The Balaban J connectivity index is 0. The van der Waals surface area contributed by atoms with Gasteiger partial charge in [0.1, 0.15) is 18.8 Å². The summed E-state index contributed by atoms with van der Waals surface area (Å²) in [6, 6.07) is 1.24. The van der Waals surface area contributed by atoms with Gasteiger partial charge in [0.2, 0.25) is 0 Å². The normalized spacial score (nSPS) is 14.9. The Morgan fingerprint density at radius 2 is 1.36 bits per heavy atom. The summed E-state index contributed by atoms with van der Waals surface area (Å²) in [7, 11) is 0. The Kier molecular flexibility index (Phi) is 8.20. The van der Waals surface area contributed by atoms with Crippen molar-refractivity contribution in [2.24, 2.45) is 0 Å². The van der Waals surface area contributed by atoms with Crippen LogP contribution in [0.25, 0.3) is 0 Å². The van der Waals surface area contributed by atoms with Crippen LogP contribution in [0, 0.1) is 0 Å². The van der Waals surface area contributed by atoms with Crippen LogP contribution in [0.2, 0.25) is 0 Å². The van der Waals surface area contributed by atoms with Crippen LogP contribution in [-0.4, -0.2) is 23.4 Å². The standard InChI is InChI=1S/C9H20N.ClH/c1-6-8(3)10(5)9(4)7-2;/h8-9H,5-7H2,1-4H3;1H/q+1;/p-1. The van der Waals surface area contributed by atoms with Crippen LogP contribution >= 0.6 is 0 Å². The van der Waals surface area contributed by atoms with Crippen LogP contribution in [0.1, 0.15) is 40.5 Å². The fourth-order valence-electron chi connectivity index (χ4n) is 0.903. The molecule has 0 spiro atoms. The molecule has 11 heavy (non-hydrogen) atoms. The van der Waals surface area contributed by atoms with E-state index in [1.54, 1.807) is 0 Å². The van der Waals surface area contributed by atoms with Gasteiger partial charge < -0.3 is 12.4 Å². The van der Waals surface area contributed by atoms with Crippen molar-refractivity contribution in [3.8, 4) is 0 Å². The van der Waals surface area contributed by atoms with E-state index < -0.39 is 0 Å². The third-order valence-electron chi connectivity index (χ3n) is 2.31. The Morgan fingerprint density at radius 3 is 1.55 bits per heavy atom. The first-order valence-electron chi connectivity index (χ1n) is 4.22. The summed E-state index contributed by atoms with van der Waals surface area (Å²) in [4.78, 5) is 0. The molecular formula is C9H20ClN. The molecule has 0 heterocycles. The minimum absolute atomic E-state index is 0. The van der Waals surface area contributed by atoms with Crippen molar-refractivity contribution in [2.45, 2.75) is 52.6 Å². The lowest BCUT2D eigenvalue weighted by Gasteiger charge is -2.13. The molecule has 0 fully saturated rings. The molecule has 68 valence electrons. The van der Waals surface area contributed by atoms with E-state index in [9.17, 15) is 0 Å². The number of nitrogens with zero attached hydrogens (tertiary/aromatic N) is 1. The zero-order valence-corrected chi connectivity index (χ0v) is 8.86. The van der Waals surface area contributed by atoms with Gasteiger partial charge in [0.25, 0.3) is 0 Å². The molecule has 0 aliphatic heterocycles. The van der Waals surface area contributed by atoms with Gasteiger partial charge in [0, 0.05) is 12.8 Å². The first kappa shape index (κ1) is 13.5. The monoisotopic (exact) mass is 177 g/mol. The zero-order chi connectivity index (χ0) is 8.15. The predicted octanol–water partition coefficient (Wildman–Crippen LogP) is -0.699. The average Bonchev–Trinajstić information content (AvgIpc) is 2.00. The summed E-state index contributed by atoms with van der Waals surface area (Å²) in [5, 5.41) is 0. The van der Waals surface area contributed by atoms with Gasteiger partial charge in [-0.25, -0.2) is 4.58 Å². The van der Waals surface area contributed by atoms with Crippen LogP contribution in [0.5, 0.6) is 0 Å². The molecule has 0 aromatic heterocycles. The minimum Gasteiger partial charge on any atom is -1.00 e. The molecule has 0 aliphatic carbocycles. The lowest BCUT2D eigenvalue weighted by molar-refractivity contribution is -0.587. The molecule has 1 nitrogen and oxygen atoms in total. The largest absolute Gasteiger partial charge is 1.00 e. The fraction of sp³-hybridized carbons (Fsp3) is 0.889. The zero-order valence-electron chi connectivity index (χ0n) is 8.10. The van der Waals surface area contributed by atoms with Gasteiger partial charge in [-0.3, -0.25) is 0 Å². The topological polar surface area (TPSA) is 3.01 Å². The molecule has 0 aliphatic rings. The summed E-state index contributed by atoms with van der Waals surface area (Å²) in [6.45, 7) is 12.9. The maximum atomic E-state index is 4.01. The van der Waals surface area contributed by atoms with Crippen molar-refractivity contribution >= 4 is 6.72 Å². The summed E-state index contributed by atoms with van der Waals surface area (Å²) in [5.74, 6) is 0. The maximum absolute atomic E-state index is 4.01. The lowest BCUT2D eigenvalue weighted by Crippen LogP contribution is -3.00. The van der Waals surface area contributed by atoms with Gasteiger partial charge in [-0.05, 0) is 13.8 Å². The summed E-state index contributed by atoms with van der Waals surface area (Å²) >= 11 is 0. The highest BCUT2D eigenvalue weighted by Crippen LogP contribution is 2.02. The molecule has 2 atom stereocenters. The average molecular weight is 178 g/mol. The summed E-state index contributed by atoms with van der Waals surface area (Å²) < 4.78 is 2.19.